The Morgan fingerprint density at radius 3 is 1.97 bits per heavy atom. The molecule has 34 heavy (non-hydrogen) atoms. The van der Waals surface area contributed by atoms with E-state index >= 15 is 0 Å². The molecule has 0 fully saturated rings. The van der Waals surface area contributed by atoms with Crippen LogP contribution in [-0.2, 0) is 16.4 Å². The lowest BCUT2D eigenvalue weighted by Gasteiger charge is -2.18. The quantitative estimate of drug-likeness (QED) is 0.271. The molecule has 0 aliphatic carbocycles. The van der Waals surface area contributed by atoms with Gasteiger partial charge in [0, 0.05) is 12.0 Å². The molecule has 172 valence electrons. The standard InChI is InChI=1S/C28H23FO4S/c29-24-15-11-22(12-16-24)27(30)19-28(34(31,32)26-9-5-2-6-10-26)23-13-17-25(18-14-23)33-20-21-7-3-1-4-8-21/h1-18,28H,19-20H2/t28-/m0/s1. The molecule has 4 aromatic carbocycles. The van der Waals surface area contributed by atoms with Crippen LogP contribution < -0.4 is 4.74 Å². The van der Waals surface area contributed by atoms with Crippen molar-refractivity contribution in [3.05, 3.63) is 132 Å². The Kier molecular flexibility index (Phi) is 7.18. The van der Waals surface area contributed by atoms with Crippen LogP contribution in [-0.4, -0.2) is 14.2 Å². The fraction of sp³-hybridized carbons (Fsp3) is 0.107. The molecule has 0 heterocycles. The van der Waals surface area contributed by atoms with Crippen molar-refractivity contribution in [3.8, 4) is 5.75 Å². The predicted molar refractivity (Wildman–Crippen MR) is 129 cm³/mol. The Bertz CT molecular complexity index is 1340. The number of ketones is 1. The second kappa shape index (κ2) is 10.4. The van der Waals surface area contributed by atoms with Gasteiger partial charge < -0.3 is 4.74 Å². The van der Waals surface area contributed by atoms with Crippen LogP contribution in [0.2, 0.25) is 0 Å². The molecular weight excluding hydrogens is 451 g/mol. The molecule has 0 aromatic heterocycles. The monoisotopic (exact) mass is 474 g/mol. The van der Waals surface area contributed by atoms with E-state index in [9.17, 15) is 17.6 Å². The SMILES string of the molecule is O=C(C[C@@H](c1ccc(OCc2ccccc2)cc1)S(=O)(=O)c1ccccc1)c1ccc(F)cc1. The van der Waals surface area contributed by atoms with Gasteiger partial charge in [-0.25, -0.2) is 12.8 Å². The largest absolute Gasteiger partial charge is 0.489 e. The van der Waals surface area contributed by atoms with Gasteiger partial charge in [0.15, 0.2) is 15.6 Å². The summed E-state index contributed by atoms with van der Waals surface area (Å²) in [4.78, 5) is 13.1. The van der Waals surface area contributed by atoms with Gasteiger partial charge in [0.2, 0.25) is 0 Å². The van der Waals surface area contributed by atoms with Gasteiger partial charge in [-0.2, -0.15) is 0 Å². The first-order chi connectivity index (χ1) is 16.4. The van der Waals surface area contributed by atoms with E-state index in [1.807, 2.05) is 30.3 Å². The molecule has 0 radical (unpaired) electrons. The maximum atomic E-state index is 13.5. The Morgan fingerprint density at radius 2 is 1.35 bits per heavy atom. The van der Waals surface area contributed by atoms with Gasteiger partial charge in [-0.3, -0.25) is 4.79 Å². The van der Waals surface area contributed by atoms with E-state index in [4.69, 9.17) is 4.74 Å². The van der Waals surface area contributed by atoms with Crippen LogP contribution in [0.25, 0.3) is 0 Å². The molecule has 0 unspecified atom stereocenters. The minimum absolute atomic E-state index is 0.135. The number of hydrogen-bond donors (Lipinski definition) is 0. The van der Waals surface area contributed by atoms with Crippen LogP contribution >= 0.6 is 0 Å². The lowest BCUT2D eigenvalue weighted by molar-refractivity contribution is 0.0980. The number of rotatable bonds is 9. The van der Waals surface area contributed by atoms with Crippen LogP contribution in [0.1, 0.15) is 33.2 Å². The maximum Gasteiger partial charge on any atom is 0.185 e. The van der Waals surface area contributed by atoms with E-state index < -0.39 is 20.9 Å². The summed E-state index contributed by atoms with van der Waals surface area (Å²) < 4.78 is 46.1. The fourth-order valence-electron chi connectivity index (χ4n) is 3.62. The third-order valence-corrected chi connectivity index (χ3v) is 7.60. The van der Waals surface area contributed by atoms with E-state index in [2.05, 4.69) is 0 Å². The number of hydrogen-bond acceptors (Lipinski definition) is 4. The molecule has 0 N–H and O–H groups in total. The molecule has 0 spiro atoms. The highest BCUT2D eigenvalue weighted by Crippen LogP contribution is 2.34. The minimum atomic E-state index is -3.87. The van der Waals surface area contributed by atoms with Crippen molar-refractivity contribution in [2.45, 2.75) is 23.2 Å². The third-order valence-electron chi connectivity index (χ3n) is 5.48. The number of carbonyl (C=O) groups excluding carboxylic acids is 1. The fourth-order valence-corrected chi connectivity index (χ4v) is 5.37. The van der Waals surface area contributed by atoms with Crippen molar-refractivity contribution in [3.63, 3.8) is 0 Å². The maximum absolute atomic E-state index is 13.5. The van der Waals surface area contributed by atoms with Crippen molar-refractivity contribution >= 4 is 15.6 Å². The van der Waals surface area contributed by atoms with E-state index in [0.717, 1.165) is 5.56 Å². The first-order valence-corrected chi connectivity index (χ1v) is 12.3. The van der Waals surface area contributed by atoms with Crippen LogP contribution in [0.4, 0.5) is 4.39 Å². The summed E-state index contributed by atoms with van der Waals surface area (Å²) in [5.74, 6) is -0.252. The minimum Gasteiger partial charge on any atom is -0.489 e. The smallest absolute Gasteiger partial charge is 0.185 e. The molecule has 0 aliphatic rings. The van der Waals surface area contributed by atoms with Crippen molar-refractivity contribution < 1.29 is 22.3 Å². The molecule has 0 saturated heterocycles. The highest BCUT2D eigenvalue weighted by molar-refractivity contribution is 7.91. The Labute approximate surface area is 198 Å². The Balaban J connectivity index is 1.61. The summed E-state index contributed by atoms with van der Waals surface area (Å²) >= 11 is 0. The van der Waals surface area contributed by atoms with Crippen LogP contribution in [0.3, 0.4) is 0 Å². The van der Waals surface area contributed by atoms with Gasteiger partial charge >= 0.3 is 0 Å². The topological polar surface area (TPSA) is 60.4 Å². The summed E-state index contributed by atoms with van der Waals surface area (Å²) in [5, 5.41) is -1.10. The molecule has 6 heteroatoms. The van der Waals surface area contributed by atoms with Crippen LogP contribution in [0, 0.1) is 5.82 Å². The lowest BCUT2D eigenvalue weighted by atomic mass is 10.0. The molecule has 0 saturated carbocycles. The third kappa shape index (κ3) is 5.58. The van der Waals surface area contributed by atoms with Crippen molar-refractivity contribution in [2.75, 3.05) is 0 Å². The highest BCUT2D eigenvalue weighted by Gasteiger charge is 2.31. The normalized spacial score (nSPS) is 12.1. The number of sulfone groups is 1. The Hall–Kier alpha value is -3.77. The van der Waals surface area contributed by atoms with E-state index in [-0.39, 0.29) is 22.7 Å². The molecular formula is C28H23FO4S. The molecule has 4 rings (SSSR count). The number of ether oxygens (including phenoxy) is 1. The number of benzene rings is 4. The molecule has 0 aliphatic heterocycles. The molecule has 0 bridgehead atoms. The molecule has 4 nitrogen and oxygen atoms in total. The molecule has 4 aromatic rings. The van der Waals surface area contributed by atoms with Gasteiger partial charge in [0.25, 0.3) is 0 Å². The van der Waals surface area contributed by atoms with Crippen molar-refractivity contribution in [1.82, 2.24) is 0 Å². The van der Waals surface area contributed by atoms with E-state index in [1.165, 1.54) is 36.4 Å². The van der Waals surface area contributed by atoms with Gasteiger partial charge in [-0.1, -0.05) is 60.7 Å². The summed E-state index contributed by atoms with van der Waals surface area (Å²) in [6, 6.07) is 29.6. The summed E-state index contributed by atoms with van der Waals surface area (Å²) in [6.07, 6.45) is -0.271. The van der Waals surface area contributed by atoms with Crippen molar-refractivity contribution in [2.24, 2.45) is 0 Å². The average Bonchev–Trinajstić information content (AvgIpc) is 2.88. The zero-order valence-electron chi connectivity index (χ0n) is 18.3. The highest BCUT2D eigenvalue weighted by atomic mass is 32.2. The van der Waals surface area contributed by atoms with Gasteiger partial charge in [-0.05, 0) is 59.7 Å². The summed E-state index contributed by atoms with van der Waals surface area (Å²) in [5.41, 5.74) is 1.75. The van der Waals surface area contributed by atoms with E-state index in [0.29, 0.717) is 17.9 Å². The van der Waals surface area contributed by atoms with E-state index in [1.54, 1.807) is 42.5 Å². The van der Waals surface area contributed by atoms with Crippen LogP contribution in [0.5, 0.6) is 5.75 Å². The van der Waals surface area contributed by atoms with Gasteiger partial charge in [-0.15, -0.1) is 0 Å². The molecule has 1 atom stereocenters. The lowest BCUT2D eigenvalue weighted by Crippen LogP contribution is -2.18. The predicted octanol–water partition coefficient (Wildman–Crippen LogP) is 6.19. The zero-order chi connectivity index (χ0) is 24.0. The summed E-state index contributed by atoms with van der Waals surface area (Å²) in [6.45, 7) is 0.384. The van der Waals surface area contributed by atoms with Gasteiger partial charge in [0.05, 0.1) is 10.1 Å². The van der Waals surface area contributed by atoms with Gasteiger partial charge in [0.1, 0.15) is 18.2 Å². The average molecular weight is 475 g/mol. The number of carbonyl (C=O) groups is 1. The number of Topliss-reactive ketones (excluding diaryl/α,β-unsaturated/α-hetero) is 1. The Morgan fingerprint density at radius 1 is 0.765 bits per heavy atom. The first-order valence-electron chi connectivity index (χ1n) is 10.8. The first kappa shape index (κ1) is 23.4. The van der Waals surface area contributed by atoms with Crippen molar-refractivity contribution in [1.29, 1.82) is 0 Å². The molecule has 0 amide bonds. The zero-order valence-corrected chi connectivity index (χ0v) is 19.1. The number of halogens is 1. The summed E-state index contributed by atoms with van der Waals surface area (Å²) in [7, 11) is -3.87. The van der Waals surface area contributed by atoms with Crippen LogP contribution in [0.15, 0.2) is 114 Å². The second-order valence-electron chi connectivity index (χ2n) is 7.82. The second-order valence-corrected chi connectivity index (χ2v) is 9.95.